The van der Waals surface area contributed by atoms with Gasteiger partial charge in [0.25, 0.3) is 0 Å². The normalized spacial score (nSPS) is 18.0. The van der Waals surface area contributed by atoms with Crippen LogP contribution >= 0.6 is 11.6 Å². The first-order valence-electron chi connectivity index (χ1n) is 7.70. The Morgan fingerprint density at radius 2 is 2.20 bits per heavy atom. The molecule has 0 amide bonds. The third-order valence-corrected chi connectivity index (χ3v) is 6.39. The van der Waals surface area contributed by atoms with Gasteiger partial charge < -0.3 is 4.74 Å². The molecule has 0 aliphatic carbocycles. The van der Waals surface area contributed by atoms with E-state index in [1.807, 2.05) is 19.1 Å². The summed E-state index contributed by atoms with van der Waals surface area (Å²) >= 11 is 6.06. The summed E-state index contributed by atoms with van der Waals surface area (Å²) in [4.78, 5) is 4.17. The molecule has 2 aromatic rings. The third-order valence-electron chi connectivity index (χ3n) is 4.04. The molecule has 130 valence electrons. The van der Waals surface area contributed by atoms with Crippen molar-refractivity contribution in [3.63, 3.8) is 0 Å². The van der Waals surface area contributed by atoms with Gasteiger partial charge >= 0.3 is 0 Å². The van der Waals surface area contributed by atoms with Gasteiger partial charge in [-0.2, -0.15) is 9.57 Å². The summed E-state index contributed by atoms with van der Waals surface area (Å²) in [6, 6.07) is 9.71. The summed E-state index contributed by atoms with van der Waals surface area (Å²) in [5.41, 5.74) is 1.08. The number of pyridine rings is 1. The van der Waals surface area contributed by atoms with Gasteiger partial charge in [0.1, 0.15) is 16.7 Å². The predicted molar refractivity (Wildman–Crippen MR) is 92.9 cm³/mol. The molecule has 2 heterocycles. The van der Waals surface area contributed by atoms with E-state index in [9.17, 15) is 8.42 Å². The molecule has 0 unspecified atom stereocenters. The summed E-state index contributed by atoms with van der Waals surface area (Å²) in [7, 11) is -3.73. The third kappa shape index (κ3) is 3.61. The molecule has 8 heteroatoms. The fourth-order valence-corrected chi connectivity index (χ4v) is 4.71. The van der Waals surface area contributed by atoms with E-state index < -0.39 is 10.0 Å². The van der Waals surface area contributed by atoms with Crippen molar-refractivity contribution in [1.29, 1.82) is 5.26 Å². The number of aryl methyl sites for hydroxylation is 1. The Morgan fingerprint density at radius 3 is 2.88 bits per heavy atom. The second-order valence-corrected chi connectivity index (χ2v) is 8.05. The van der Waals surface area contributed by atoms with Gasteiger partial charge in [0, 0.05) is 12.7 Å². The van der Waals surface area contributed by atoms with Crippen LogP contribution in [0, 0.1) is 18.3 Å². The SMILES string of the molecule is Cc1ncccc1O[C@@H]1CCN(S(=O)(=O)c2ccc(C#N)cc2Cl)C1. The van der Waals surface area contributed by atoms with E-state index in [4.69, 9.17) is 21.6 Å². The van der Waals surface area contributed by atoms with Crippen molar-refractivity contribution in [1.82, 2.24) is 9.29 Å². The number of hydrogen-bond donors (Lipinski definition) is 0. The topological polar surface area (TPSA) is 83.3 Å². The molecule has 1 aliphatic heterocycles. The molecule has 0 N–H and O–H groups in total. The number of aromatic nitrogens is 1. The van der Waals surface area contributed by atoms with Crippen molar-refractivity contribution < 1.29 is 13.2 Å². The maximum Gasteiger partial charge on any atom is 0.244 e. The fraction of sp³-hybridized carbons (Fsp3) is 0.294. The molecule has 1 saturated heterocycles. The number of hydrogen-bond acceptors (Lipinski definition) is 5. The minimum atomic E-state index is -3.73. The van der Waals surface area contributed by atoms with Gasteiger partial charge in [-0.05, 0) is 43.7 Å². The molecule has 3 rings (SSSR count). The van der Waals surface area contributed by atoms with Gasteiger partial charge in [0.05, 0.1) is 28.9 Å². The molecule has 1 aromatic carbocycles. The van der Waals surface area contributed by atoms with Crippen LogP contribution in [0.2, 0.25) is 5.02 Å². The van der Waals surface area contributed by atoms with Crippen LogP contribution in [0.1, 0.15) is 17.7 Å². The Bertz CT molecular complexity index is 940. The van der Waals surface area contributed by atoms with E-state index in [-0.39, 0.29) is 22.6 Å². The van der Waals surface area contributed by atoms with Crippen molar-refractivity contribution in [2.45, 2.75) is 24.3 Å². The molecule has 0 bridgehead atoms. The zero-order valence-electron chi connectivity index (χ0n) is 13.5. The smallest absolute Gasteiger partial charge is 0.244 e. The molecular formula is C17H16ClN3O3S. The predicted octanol–water partition coefficient (Wildman–Crippen LogP) is 2.76. The summed E-state index contributed by atoms with van der Waals surface area (Å²) in [6.45, 7) is 2.44. The number of nitriles is 1. The summed E-state index contributed by atoms with van der Waals surface area (Å²) < 4.78 is 32.9. The fourth-order valence-electron chi connectivity index (χ4n) is 2.70. The molecule has 1 fully saturated rings. The average Bonchev–Trinajstić information content (AvgIpc) is 3.06. The average molecular weight is 378 g/mol. The van der Waals surface area contributed by atoms with Crippen LogP contribution in [0.25, 0.3) is 0 Å². The summed E-state index contributed by atoms with van der Waals surface area (Å²) in [6.07, 6.45) is 2.02. The van der Waals surface area contributed by atoms with Crippen molar-refractivity contribution in [2.75, 3.05) is 13.1 Å². The van der Waals surface area contributed by atoms with E-state index in [0.717, 1.165) is 5.69 Å². The summed E-state index contributed by atoms with van der Waals surface area (Å²) in [5, 5.41) is 8.92. The molecule has 0 saturated carbocycles. The van der Waals surface area contributed by atoms with Crippen molar-refractivity contribution in [3.8, 4) is 11.8 Å². The van der Waals surface area contributed by atoms with Crippen LogP contribution in [-0.2, 0) is 10.0 Å². The molecule has 1 aromatic heterocycles. The van der Waals surface area contributed by atoms with Crippen molar-refractivity contribution in [2.24, 2.45) is 0 Å². The molecule has 0 radical (unpaired) electrons. The molecule has 6 nitrogen and oxygen atoms in total. The van der Waals surface area contributed by atoms with Gasteiger partial charge in [-0.15, -0.1) is 0 Å². The molecule has 1 atom stereocenters. The number of sulfonamides is 1. The van der Waals surface area contributed by atoms with E-state index in [2.05, 4.69) is 4.98 Å². The Kier molecular flexibility index (Phi) is 4.95. The number of nitrogens with zero attached hydrogens (tertiary/aromatic N) is 3. The quantitative estimate of drug-likeness (QED) is 0.818. The largest absolute Gasteiger partial charge is 0.487 e. The lowest BCUT2D eigenvalue weighted by molar-refractivity contribution is 0.213. The Labute approximate surface area is 151 Å². The maximum atomic E-state index is 12.8. The highest BCUT2D eigenvalue weighted by atomic mass is 35.5. The van der Waals surface area contributed by atoms with E-state index in [0.29, 0.717) is 24.3 Å². The van der Waals surface area contributed by atoms with Gasteiger partial charge in [-0.1, -0.05) is 11.6 Å². The van der Waals surface area contributed by atoms with Crippen LogP contribution in [-0.4, -0.2) is 36.9 Å². The Morgan fingerprint density at radius 1 is 1.40 bits per heavy atom. The van der Waals surface area contributed by atoms with Crippen molar-refractivity contribution in [3.05, 3.63) is 52.8 Å². The zero-order chi connectivity index (χ0) is 18.0. The monoisotopic (exact) mass is 377 g/mol. The lowest BCUT2D eigenvalue weighted by Gasteiger charge is -2.18. The second-order valence-electron chi connectivity index (χ2n) is 5.74. The Hall–Kier alpha value is -2.14. The van der Waals surface area contributed by atoms with Crippen LogP contribution in [0.3, 0.4) is 0 Å². The second kappa shape index (κ2) is 7.00. The van der Waals surface area contributed by atoms with Crippen molar-refractivity contribution >= 4 is 21.6 Å². The zero-order valence-corrected chi connectivity index (χ0v) is 15.1. The first-order chi connectivity index (χ1) is 11.9. The first kappa shape index (κ1) is 17.7. The van der Waals surface area contributed by atoms with Crippen LogP contribution < -0.4 is 4.74 Å². The van der Waals surface area contributed by atoms with Gasteiger partial charge in [-0.3, -0.25) is 4.98 Å². The van der Waals surface area contributed by atoms with Crippen LogP contribution in [0.5, 0.6) is 5.75 Å². The minimum absolute atomic E-state index is 0.00590. The molecular weight excluding hydrogens is 362 g/mol. The highest BCUT2D eigenvalue weighted by Crippen LogP contribution is 2.29. The van der Waals surface area contributed by atoms with Gasteiger partial charge in [0.15, 0.2) is 0 Å². The number of rotatable bonds is 4. The Balaban J connectivity index is 1.77. The molecule has 25 heavy (non-hydrogen) atoms. The minimum Gasteiger partial charge on any atom is -0.487 e. The number of benzene rings is 1. The standard InChI is InChI=1S/C17H16ClN3O3S/c1-12-16(3-2-7-20-12)24-14-6-8-21(11-14)25(22,23)17-5-4-13(10-19)9-15(17)18/h2-5,7,9,14H,6,8,11H2,1H3/t14-/m1/s1. The number of ether oxygens (including phenoxy) is 1. The number of halogens is 1. The van der Waals surface area contributed by atoms with Crippen LogP contribution in [0.4, 0.5) is 0 Å². The lowest BCUT2D eigenvalue weighted by Crippen LogP contribution is -2.31. The van der Waals surface area contributed by atoms with E-state index in [1.54, 1.807) is 12.3 Å². The first-order valence-corrected chi connectivity index (χ1v) is 9.51. The lowest BCUT2D eigenvalue weighted by atomic mass is 10.2. The molecule has 1 aliphatic rings. The van der Waals surface area contributed by atoms with E-state index >= 15 is 0 Å². The van der Waals surface area contributed by atoms with Gasteiger partial charge in [-0.25, -0.2) is 8.42 Å². The van der Waals surface area contributed by atoms with Gasteiger partial charge in [0.2, 0.25) is 10.0 Å². The highest BCUT2D eigenvalue weighted by molar-refractivity contribution is 7.89. The highest BCUT2D eigenvalue weighted by Gasteiger charge is 2.35. The summed E-state index contributed by atoms with van der Waals surface area (Å²) in [5.74, 6) is 0.656. The molecule has 0 spiro atoms. The van der Waals surface area contributed by atoms with E-state index in [1.165, 1.54) is 22.5 Å². The maximum absolute atomic E-state index is 12.8. The van der Waals surface area contributed by atoms with Crippen LogP contribution in [0.15, 0.2) is 41.4 Å².